The van der Waals surface area contributed by atoms with Gasteiger partial charge in [0.1, 0.15) is 5.82 Å². The van der Waals surface area contributed by atoms with E-state index in [9.17, 15) is 0 Å². The highest BCUT2D eigenvalue weighted by molar-refractivity contribution is 5.20. The minimum Gasteiger partial charge on any atom is -0.381 e. The van der Waals surface area contributed by atoms with Crippen molar-refractivity contribution in [2.75, 3.05) is 19.8 Å². The van der Waals surface area contributed by atoms with Crippen LogP contribution >= 0.6 is 0 Å². The smallest absolute Gasteiger partial charge is 0.128 e. The van der Waals surface area contributed by atoms with E-state index in [-0.39, 0.29) is 0 Å². The van der Waals surface area contributed by atoms with Crippen LogP contribution in [-0.4, -0.2) is 29.7 Å². The lowest BCUT2D eigenvalue weighted by atomic mass is 10.0. The molecule has 1 fully saturated rings. The van der Waals surface area contributed by atoms with Crippen molar-refractivity contribution < 1.29 is 4.74 Å². The van der Waals surface area contributed by atoms with Crippen LogP contribution in [0.25, 0.3) is 0 Å². The predicted molar refractivity (Wildman–Crippen MR) is 76.1 cm³/mol. The van der Waals surface area contributed by atoms with Crippen LogP contribution < -0.4 is 5.32 Å². The lowest BCUT2D eigenvalue weighted by molar-refractivity contribution is 0.185. The number of nitrogens with one attached hydrogen (secondary N) is 1. The Morgan fingerprint density at radius 3 is 3.00 bits per heavy atom. The monoisotopic (exact) mass is 263 g/mol. The zero-order valence-electron chi connectivity index (χ0n) is 12.3. The molecule has 1 N–H and O–H groups in total. The minimum atomic E-state index is 0.323. The van der Waals surface area contributed by atoms with E-state index < -0.39 is 0 Å². The summed E-state index contributed by atoms with van der Waals surface area (Å²) >= 11 is 0. The molecule has 1 aliphatic heterocycles. The van der Waals surface area contributed by atoms with Crippen LogP contribution in [0.1, 0.15) is 49.8 Å². The second-order valence-electron chi connectivity index (χ2n) is 5.44. The standard InChI is InChI=1S/C15H25N3O/c1-4-6-16-11(2)14-9-17-15(18-12(14)3)8-13-5-7-19-10-13/h9,11,13,16H,4-8,10H2,1-3H3. The zero-order chi connectivity index (χ0) is 13.7. The molecule has 0 bridgehead atoms. The van der Waals surface area contributed by atoms with Crippen molar-refractivity contribution in [3.63, 3.8) is 0 Å². The van der Waals surface area contributed by atoms with Crippen molar-refractivity contribution in [2.24, 2.45) is 5.92 Å². The van der Waals surface area contributed by atoms with Crippen molar-refractivity contribution in [1.29, 1.82) is 0 Å². The average Bonchev–Trinajstić information content (AvgIpc) is 2.89. The first-order valence-corrected chi connectivity index (χ1v) is 7.34. The molecule has 4 nitrogen and oxygen atoms in total. The summed E-state index contributed by atoms with van der Waals surface area (Å²) in [6.45, 7) is 9.21. The largest absolute Gasteiger partial charge is 0.381 e. The molecule has 106 valence electrons. The fourth-order valence-electron chi connectivity index (χ4n) is 2.52. The van der Waals surface area contributed by atoms with Gasteiger partial charge < -0.3 is 10.1 Å². The number of hydrogen-bond acceptors (Lipinski definition) is 4. The summed E-state index contributed by atoms with van der Waals surface area (Å²) in [6.07, 6.45) is 5.21. The van der Waals surface area contributed by atoms with Gasteiger partial charge in [-0.15, -0.1) is 0 Å². The number of aryl methyl sites for hydroxylation is 1. The topological polar surface area (TPSA) is 47.0 Å². The van der Waals surface area contributed by atoms with Crippen molar-refractivity contribution in [1.82, 2.24) is 15.3 Å². The number of aromatic nitrogens is 2. The van der Waals surface area contributed by atoms with Gasteiger partial charge in [0.25, 0.3) is 0 Å². The number of rotatable bonds is 6. The van der Waals surface area contributed by atoms with E-state index in [0.29, 0.717) is 12.0 Å². The van der Waals surface area contributed by atoms with Crippen LogP contribution in [-0.2, 0) is 11.2 Å². The third-order valence-corrected chi connectivity index (χ3v) is 3.73. The van der Waals surface area contributed by atoms with Crippen LogP contribution in [0, 0.1) is 12.8 Å². The number of nitrogens with zero attached hydrogens (tertiary/aromatic N) is 2. The summed E-state index contributed by atoms with van der Waals surface area (Å²) in [5, 5.41) is 3.48. The molecular formula is C15H25N3O. The van der Waals surface area contributed by atoms with Crippen molar-refractivity contribution in [3.8, 4) is 0 Å². The van der Waals surface area contributed by atoms with Crippen molar-refractivity contribution in [3.05, 3.63) is 23.3 Å². The zero-order valence-corrected chi connectivity index (χ0v) is 12.3. The molecule has 2 rings (SSSR count). The fourth-order valence-corrected chi connectivity index (χ4v) is 2.52. The van der Waals surface area contributed by atoms with E-state index in [1.54, 1.807) is 0 Å². The first-order valence-electron chi connectivity index (χ1n) is 7.34. The second kappa shape index (κ2) is 6.96. The highest BCUT2D eigenvalue weighted by Gasteiger charge is 2.18. The molecule has 1 aliphatic rings. The SMILES string of the molecule is CCCNC(C)c1cnc(CC2CCOC2)nc1C. The molecule has 0 radical (unpaired) electrons. The Morgan fingerprint density at radius 2 is 2.37 bits per heavy atom. The van der Waals surface area contributed by atoms with Gasteiger partial charge in [-0.1, -0.05) is 6.92 Å². The molecule has 2 unspecified atom stereocenters. The van der Waals surface area contributed by atoms with E-state index in [1.807, 2.05) is 6.20 Å². The molecule has 1 saturated heterocycles. The molecule has 1 aromatic heterocycles. The molecule has 1 aromatic rings. The van der Waals surface area contributed by atoms with E-state index in [1.165, 1.54) is 5.56 Å². The first-order chi connectivity index (χ1) is 9.20. The summed E-state index contributed by atoms with van der Waals surface area (Å²) in [5.74, 6) is 1.56. The van der Waals surface area contributed by atoms with E-state index in [4.69, 9.17) is 4.74 Å². The summed E-state index contributed by atoms with van der Waals surface area (Å²) in [7, 11) is 0. The highest BCUT2D eigenvalue weighted by Crippen LogP contribution is 2.19. The molecule has 2 heterocycles. The van der Waals surface area contributed by atoms with Gasteiger partial charge in [0, 0.05) is 43.1 Å². The summed E-state index contributed by atoms with van der Waals surface area (Å²) in [4.78, 5) is 9.18. The average molecular weight is 263 g/mol. The fraction of sp³-hybridized carbons (Fsp3) is 0.733. The third-order valence-electron chi connectivity index (χ3n) is 3.73. The van der Waals surface area contributed by atoms with Gasteiger partial charge in [-0.05, 0) is 39.2 Å². The van der Waals surface area contributed by atoms with E-state index in [2.05, 4.69) is 36.1 Å². The van der Waals surface area contributed by atoms with Crippen LogP contribution in [0.5, 0.6) is 0 Å². The van der Waals surface area contributed by atoms with Crippen molar-refractivity contribution in [2.45, 2.75) is 46.1 Å². The molecule has 0 amide bonds. The van der Waals surface area contributed by atoms with Crippen molar-refractivity contribution >= 4 is 0 Å². The Hall–Kier alpha value is -1.00. The van der Waals surface area contributed by atoms with Gasteiger partial charge in [-0.2, -0.15) is 0 Å². The minimum absolute atomic E-state index is 0.323. The molecule has 19 heavy (non-hydrogen) atoms. The summed E-state index contributed by atoms with van der Waals surface area (Å²) < 4.78 is 5.40. The quantitative estimate of drug-likeness (QED) is 0.856. The summed E-state index contributed by atoms with van der Waals surface area (Å²) in [5.41, 5.74) is 2.31. The molecule has 0 aliphatic carbocycles. The molecule has 0 spiro atoms. The molecule has 2 atom stereocenters. The number of hydrogen-bond donors (Lipinski definition) is 1. The Kier molecular flexibility index (Phi) is 5.28. The molecular weight excluding hydrogens is 238 g/mol. The number of ether oxygens (including phenoxy) is 1. The Balaban J connectivity index is 1.99. The summed E-state index contributed by atoms with van der Waals surface area (Å²) in [6, 6.07) is 0.323. The Bertz CT molecular complexity index is 402. The van der Waals surface area contributed by atoms with Gasteiger partial charge in [0.15, 0.2) is 0 Å². The van der Waals surface area contributed by atoms with Gasteiger partial charge >= 0.3 is 0 Å². The van der Waals surface area contributed by atoms with E-state index >= 15 is 0 Å². The molecule has 0 saturated carbocycles. The van der Waals surface area contributed by atoms with Crippen LogP contribution in [0.4, 0.5) is 0 Å². The Labute approximate surface area is 116 Å². The lowest BCUT2D eigenvalue weighted by Crippen LogP contribution is -2.21. The maximum Gasteiger partial charge on any atom is 0.128 e. The van der Waals surface area contributed by atoms with Crippen LogP contribution in [0.15, 0.2) is 6.20 Å². The Morgan fingerprint density at radius 1 is 1.53 bits per heavy atom. The lowest BCUT2D eigenvalue weighted by Gasteiger charge is -2.16. The van der Waals surface area contributed by atoms with Crippen LogP contribution in [0.2, 0.25) is 0 Å². The maximum atomic E-state index is 5.40. The van der Waals surface area contributed by atoms with Gasteiger partial charge in [0.2, 0.25) is 0 Å². The molecule has 0 aromatic carbocycles. The predicted octanol–water partition coefficient (Wildman–Crippen LogP) is 2.42. The van der Waals surface area contributed by atoms with Gasteiger partial charge in [0.05, 0.1) is 0 Å². The second-order valence-corrected chi connectivity index (χ2v) is 5.44. The first kappa shape index (κ1) is 14.4. The highest BCUT2D eigenvalue weighted by atomic mass is 16.5. The van der Waals surface area contributed by atoms with E-state index in [0.717, 1.165) is 50.5 Å². The normalized spacial score (nSPS) is 20.7. The third kappa shape index (κ3) is 3.98. The van der Waals surface area contributed by atoms with Gasteiger partial charge in [-0.3, -0.25) is 0 Å². The van der Waals surface area contributed by atoms with Gasteiger partial charge in [-0.25, -0.2) is 9.97 Å². The van der Waals surface area contributed by atoms with Crippen LogP contribution in [0.3, 0.4) is 0 Å². The maximum absolute atomic E-state index is 5.40. The molecule has 4 heteroatoms.